The smallest absolute Gasteiger partial charge is 0.140 e. The molecule has 0 amide bonds. The summed E-state index contributed by atoms with van der Waals surface area (Å²) in [4.78, 5) is 0. The normalized spacial score (nSPS) is 34.9. The van der Waals surface area contributed by atoms with Crippen LogP contribution in [-0.4, -0.2) is 13.0 Å². The van der Waals surface area contributed by atoms with Gasteiger partial charge in [-0.1, -0.05) is 12.1 Å². The van der Waals surface area contributed by atoms with E-state index in [1.165, 1.54) is 0 Å². The largest absolute Gasteiger partial charge is 0.316 e. The Hall–Kier alpha value is -0.410. The van der Waals surface area contributed by atoms with Crippen LogP contribution in [0.15, 0.2) is 22.7 Å². The summed E-state index contributed by atoms with van der Waals surface area (Å²) in [6.07, 6.45) is 1.34. The molecule has 3 atom stereocenters. The van der Waals surface area contributed by atoms with Crippen LogP contribution >= 0.6 is 15.9 Å². The minimum atomic E-state index is -0.597. The highest BCUT2D eigenvalue weighted by atomic mass is 79.9. The van der Waals surface area contributed by atoms with Gasteiger partial charge in [-0.3, -0.25) is 0 Å². The van der Waals surface area contributed by atoms with E-state index in [4.69, 9.17) is 2.74 Å². The molecule has 1 saturated heterocycles. The molecule has 2 rings (SSSR count). The second-order valence-corrected chi connectivity index (χ2v) is 4.22. The summed E-state index contributed by atoms with van der Waals surface area (Å²) in [5.74, 6) is -0.450. The van der Waals surface area contributed by atoms with Gasteiger partial charge in [0.05, 0.1) is 4.47 Å². The molecule has 3 heteroatoms. The molecule has 1 heterocycles. The van der Waals surface area contributed by atoms with Gasteiger partial charge in [-0.2, -0.15) is 0 Å². The van der Waals surface area contributed by atoms with Gasteiger partial charge in [0.15, 0.2) is 0 Å². The highest BCUT2D eigenvalue weighted by Gasteiger charge is 2.19. The molecule has 1 nitrogen and oxygen atoms in total. The number of hydrogen-bond donors (Lipinski definition) is 1. The third-order valence-electron chi connectivity index (χ3n) is 2.42. The first-order chi connectivity index (χ1) is 7.59. The monoisotopic (exact) mass is 259 g/mol. The lowest BCUT2D eigenvalue weighted by Gasteiger charge is -2.23. The van der Waals surface area contributed by atoms with E-state index in [9.17, 15) is 4.39 Å². The summed E-state index contributed by atoms with van der Waals surface area (Å²) in [6.45, 7) is -0.992. The molecule has 0 bridgehead atoms. The van der Waals surface area contributed by atoms with Crippen LogP contribution < -0.4 is 5.32 Å². The summed E-state index contributed by atoms with van der Waals surface area (Å²) in [6, 6.07) is 5.15. The quantitative estimate of drug-likeness (QED) is 0.818. The van der Waals surface area contributed by atoms with Crippen LogP contribution in [0.4, 0.5) is 4.39 Å². The molecule has 1 fully saturated rings. The van der Waals surface area contributed by atoms with Crippen molar-refractivity contribution in [3.63, 3.8) is 0 Å². The topological polar surface area (TPSA) is 12.0 Å². The Bertz CT molecular complexity index is 388. The minimum absolute atomic E-state index is 0.168. The number of nitrogens with one attached hydrogen (secondary N) is 1. The van der Waals surface area contributed by atoms with Gasteiger partial charge in [0.25, 0.3) is 0 Å². The number of hydrogen-bond acceptors (Lipinski definition) is 1. The number of piperidine rings is 1. The fraction of sp³-hybridized carbons (Fsp3) is 0.455. The van der Waals surface area contributed by atoms with Crippen molar-refractivity contribution < 1.29 is 7.13 Å². The Morgan fingerprint density at radius 1 is 1.57 bits per heavy atom. The predicted octanol–water partition coefficient (Wildman–Crippen LogP) is 3.06. The van der Waals surface area contributed by atoms with Crippen molar-refractivity contribution in [2.45, 2.75) is 18.8 Å². The van der Waals surface area contributed by atoms with Gasteiger partial charge < -0.3 is 5.32 Å². The first kappa shape index (κ1) is 7.83. The average molecular weight is 260 g/mol. The highest BCUT2D eigenvalue weighted by molar-refractivity contribution is 9.10. The van der Waals surface area contributed by atoms with Crippen molar-refractivity contribution in [2.24, 2.45) is 0 Å². The molecule has 1 aliphatic heterocycles. The lowest BCUT2D eigenvalue weighted by atomic mass is 9.91. The molecule has 1 aromatic rings. The Kier molecular flexibility index (Phi) is 2.46. The van der Waals surface area contributed by atoms with Crippen LogP contribution in [0.3, 0.4) is 0 Å². The van der Waals surface area contributed by atoms with E-state index in [2.05, 4.69) is 21.2 Å². The van der Waals surface area contributed by atoms with Gasteiger partial charge in [-0.15, -0.1) is 0 Å². The van der Waals surface area contributed by atoms with Gasteiger partial charge in [-0.05, 0) is 52.8 Å². The minimum Gasteiger partial charge on any atom is -0.316 e. The van der Waals surface area contributed by atoms with Crippen molar-refractivity contribution >= 4 is 15.9 Å². The van der Waals surface area contributed by atoms with E-state index in [1.807, 2.05) is 0 Å². The fourth-order valence-electron chi connectivity index (χ4n) is 1.67. The van der Waals surface area contributed by atoms with Crippen LogP contribution in [-0.2, 0) is 0 Å². The zero-order chi connectivity index (χ0) is 11.7. The standard InChI is InChI=1S/C11H13BrFN/c12-10-5-1-4-9(11(10)13)8-3-2-6-14-7-8/h1,4-5,8,14H,2-3,6-7H2/i6D,7D. The third-order valence-corrected chi connectivity index (χ3v) is 3.03. The molecular weight excluding hydrogens is 245 g/mol. The van der Waals surface area contributed by atoms with Crippen LogP contribution in [0.1, 0.15) is 27.1 Å². The van der Waals surface area contributed by atoms with Crippen LogP contribution in [0, 0.1) is 5.82 Å². The maximum atomic E-state index is 13.9. The molecule has 0 saturated carbocycles. The lowest BCUT2D eigenvalue weighted by molar-refractivity contribution is 0.445. The number of halogens is 2. The fourth-order valence-corrected chi connectivity index (χ4v) is 2.05. The zero-order valence-corrected chi connectivity index (χ0v) is 9.22. The van der Waals surface area contributed by atoms with Crippen molar-refractivity contribution in [1.29, 1.82) is 0 Å². The summed E-state index contributed by atoms with van der Waals surface area (Å²) in [5, 5.41) is 2.83. The first-order valence-corrected chi connectivity index (χ1v) is 5.43. The SMILES string of the molecule is [2H]C1CCC(c2cccc(Br)c2F)C([2H])N1. The van der Waals surface area contributed by atoms with Crippen LogP contribution in [0.5, 0.6) is 0 Å². The zero-order valence-electron chi connectivity index (χ0n) is 9.63. The van der Waals surface area contributed by atoms with E-state index < -0.39 is 13.0 Å². The molecule has 1 N–H and O–H groups in total. The molecule has 76 valence electrons. The average Bonchev–Trinajstić information content (AvgIpc) is 2.23. The molecule has 0 spiro atoms. The van der Waals surface area contributed by atoms with Gasteiger partial charge >= 0.3 is 0 Å². The summed E-state index contributed by atoms with van der Waals surface area (Å²) in [7, 11) is 0. The van der Waals surface area contributed by atoms with E-state index >= 15 is 0 Å². The van der Waals surface area contributed by atoms with Gasteiger partial charge in [0.1, 0.15) is 5.82 Å². The second kappa shape index (κ2) is 4.41. The highest BCUT2D eigenvalue weighted by Crippen LogP contribution is 2.28. The van der Waals surface area contributed by atoms with E-state index in [1.54, 1.807) is 18.2 Å². The van der Waals surface area contributed by atoms with Crippen molar-refractivity contribution in [3.8, 4) is 0 Å². The van der Waals surface area contributed by atoms with Crippen molar-refractivity contribution in [3.05, 3.63) is 34.1 Å². The molecule has 14 heavy (non-hydrogen) atoms. The Labute approximate surface area is 94.6 Å². The van der Waals surface area contributed by atoms with E-state index in [0.29, 0.717) is 22.9 Å². The molecule has 0 aromatic heterocycles. The third kappa shape index (κ3) is 1.98. The maximum absolute atomic E-state index is 13.9. The number of rotatable bonds is 1. The molecule has 1 aliphatic rings. The Morgan fingerprint density at radius 3 is 3.21 bits per heavy atom. The number of benzene rings is 1. The van der Waals surface area contributed by atoms with Gasteiger partial charge in [0, 0.05) is 9.26 Å². The Balaban J connectivity index is 2.27. The van der Waals surface area contributed by atoms with E-state index in [-0.39, 0.29) is 11.7 Å². The van der Waals surface area contributed by atoms with E-state index in [0.717, 1.165) is 0 Å². The summed E-state index contributed by atoms with van der Waals surface area (Å²) < 4.78 is 29.7. The van der Waals surface area contributed by atoms with Gasteiger partial charge in [0.2, 0.25) is 0 Å². The van der Waals surface area contributed by atoms with Crippen LogP contribution in [0.2, 0.25) is 0 Å². The second-order valence-electron chi connectivity index (χ2n) is 3.36. The Morgan fingerprint density at radius 2 is 2.43 bits per heavy atom. The molecule has 0 aliphatic carbocycles. The van der Waals surface area contributed by atoms with Crippen molar-refractivity contribution in [1.82, 2.24) is 5.32 Å². The summed E-state index contributed by atoms with van der Waals surface area (Å²) in [5.41, 5.74) is 0.564. The van der Waals surface area contributed by atoms with Crippen LogP contribution in [0.25, 0.3) is 0 Å². The maximum Gasteiger partial charge on any atom is 0.140 e. The molecular formula is C11H13BrFN. The molecule has 3 unspecified atom stereocenters. The lowest BCUT2D eigenvalue weighted by Crippen LogP contribution is -2.28. The van der Waals surface area contributed by atoms with Gasteiger partial charge in [-0.25, -0.2) is 4.39 Å². The van der Waals surface area contributed by atoms with Crippen molar-refractivity contribution in [2.75, 3.05) is 13.0 Å². The first-order valence-electron chi connectivity index (χ1n) is 5.79. The molecule has 0 radical (unpaired) electrons. The summed E-state index contributed by atoms with van der Waals surface area (Å²) >= 11 is 3.15. The predicted molar refractivity (Wildman–Crippen MR) is 58.9 cm³/mol. The molecule has 1 aromatic carbocycles.